The van der Waals surface area contributed by atoms with Gasteiger partial charge in [-0.3, -0.25) is 4.57 Å². The van der Waals surface area contributed by atoms with E-state index >= 15 is 4.39 Å². The van der Waals surface area contributed by atoms with Crippen LogP contribution in [0.5, 0.6) is 11.8 Å². The highest BCUT2D eigenvalue weighted by Crippen LogP contribution is 2.46. The molecule has 194 valence electrons. The third kappa shape index (κ3) is 4.72. The molecule has 1 aliphatic carbocycles. The second-order valence-electron chi connectivity index (χ2n) is 8.26. The Kier molecular flexibility index (Phi) is 7.38. The number of halogens is 2. The molecule has 4 rings (SSSR count). The molecule has 3 aromatic heterocycles. The Morgan fingerprint density at radius 3 is 2.19 bits per heavy atom. The predicted octanol–water partition coefficient (Wildman–Crippen LogP) is 2.56. The minimum Gasteiger partial charge on any atom is -0.479 e. The van der Waals surface area contributed by atoms with Gasteiger partial charge in [0.2, 0.25) is 11.8 Å². The number of hydrogen-bond acceptors (Lipinski definition) is 11. The van der Waals surface area contributed by atoms with Crippen molar-refractivity contribution in [1.82, 2.24) is 34.7 Å². The Balaban J connectivity index is 1.79. The molecule has 0 amide bonds. The lowest BCUT2D eigenvalue weighted by Gasteiger charge is -2.33. The van der Waals surface area contributed by atoms with E-state index < -0.39 is 32.6 Å². The molecule has 0 N–H and O–H groups in total. The summed E-state index contributed by atoms with van der Waals surface area (Å²) in [6.07, 6.45) is 4.01. The number of nitrogens with zero attached hydrogens (tertiary/aromatic N) is 7. The zero-order valence-electron chi connectivity index (χ0n) is 20.1. The lowest BCUT2D eigenvalue weighted by molar-refractivity contribution is 0.0484. The number of ether oxygens (including phenoxy) is 3. The molecule has 12 nitrogen and oxygen atoms in total. The zero-order chi connectivity index (χ0) is 26.1. The minimum absolute atomic E-state index is 0.0434. The molecule has 1 fully saturated rings. The van der Waals surface area contributed by atoms with Gasteiger partial charge >= 0.3 is 0 Å². The Morgan fingerprint density at radius 1 is 1.08 bits per heavy atom. The summed E-state index contributed by atoms with van der Waals surface area (Å²) in [4.78, 5) is 16.3. The molecule has 0 unspecified atom stereocenters. The predicted molar refractivity (Wildman–Crippen MR) is 126 cm³/mol. The van der Waals surface area contributed by atoms with Crippen molar-refractivity contribution in [2.75, 3.05) is 21.3 Å². The Hall–Kier alpha value is -2.97. The van der Waals surface area contributed by atoms with Crippen molar-refractivity contribution >= 4 is 21.4 Å². The zero-order valence-corrected chi connectivity index (χ0v) is 21.6. The van der Waals surface area contributed by atoms with Gasteiger partial charge in [-0.25, -0.2) is 22.8 Å². The van der Waals surface area contributed by atoms with Crippen LogP contribution in [0.15, 0.2) is 18.7 Å². The maximum absolute atomic E-state index is 15.7. The number of alkyl halides is 1. The van der Waals surface area contributed by atoms with Crippen LogP contribution in [0.3, 0.4) is 0 Å². The van der Waals surface area contributed by atoms with Crippen molar-refractivity contribution in [3.8, 4) is 17.4 Å². The highest BCUT2D eigenvalue weighted by molar-refractivity contribution is 7.91. The van der Waals surface area contributed by atoms with Gasteiger partial charge in [-0.15, -0.1) is 10.2 Å². The summed E-state index contributed by atoms with van der Waals surface area (Å²) < 4.78 is 60.2. The molecule has 0 aromatic carbocycles. The minimum atomic E-state index is -3.98. The van der Waals surface area contributed by atoms with Crippen LogP contribution in [-0.2, 0) is 26.0 Å². The van der Waals surface area contributed by atoms with Crippen LogP contribution >= 0.6 is 11.6 Å². The standard InChI is InChI=1S/C21H25ClFN7O5S/c1-12(16(33-2)17-24-8-13(22)9-25-17)36(31,32)10-14-28-29-20(21(23)6-5-7-21)30(14)15-18(34-3)26-11-27-19(15)35-4/h8-9,11-12,16H,5-7,10H2,1-4H3/t12-,16-/m0/s1. The van der Waals surface area contributed by atoms with Crippen molar-refractivity contribution in [3.63, 3.8) is 0 Å². The summed E-state index contributed by atoms with van der Waals surface area (Å²) in [5.74, 6) is -0.492. The van der Waals surface area contributed by atoms with Crippen LogP contribution in [0, 0.1) is 0 Å². The van der Waals surface area contributed by atoms with Crippen molar-refractivity contribution < 1.29 is 27.0 Å². The monoisotopic (exact) mass is 541 g/mol. The molecule has 3 heterocycles. The third-order valence-corrected chi connectivity index (χ3v) is 8.35. The van der Waals surface area contributed by atoms with Gasteiger partial charge in [0, 0.05) is 19.5 Å². The van der Waals surface area contributed by atoms with Crippen LogP contribution in [0.25, 0.3) is 5.69 Å². The number of sulfone groups is 1. The second-order valence-corrected chi connectivity index (χ2v) is 11.1. The molecule has 0 bridgehead atoms. The van der Waals surface area contributed by atoms with E-state index in [-0.39, 0.29) is 47.8 Å². The Labute approximate surface area is 212 Å². The SMILES string of the molecule is COc1ncnc(OC)c1-n1c(CS(=O)(=O)[C@@H](C)[C@H](OC)c2ncc(Cl)cn2)nnc1C1(F)CCC1. The van der Waals surface area contributed by atoms with E-state index in [1.807, 2.05) is 0 Å². The fourth-order valence-electron chi connectivity index (χ4n) is 3.96. The van der Waals surface area contributed by atoms with Crippen LogP contribution in [0.4, 0.5) is 4.39 Å². The summed E-state index contributed by atoms with van der Waals surface area (Å²) >= 11 is 5.85. The number of aromatic nitrogens is 7. The van der Waals surface area contributed by atoms with Gasteiger partial charge in [-0.2, -0.15) is 9.97 Å². The molecule has 1 aliphatic rings. The lowest BCUT2D eigenvalue weighted by Crippen LogP contribution is -2.33. The third-order valence-electron chi connectivity index (χ3n) is 6.11. The Morgan fingerprint density at radius 2 is 1.69 bits per heavy atom. The van der Waals surface area contributed by atoms with E-state index in [9.17, 15) is 8.42 Å². The van der Waals surface area contributed by atoms with Gasteiger partial charge in [-0.05, 0) is 26.2 Å². The molecule has 0 radical (unpaired) electrons. The number of rotatable bonds is 10. The lowest BCUT2D eigenvalue weighted by atomic mass is 9.81. The molecule has 3 aromatic rings. The smallest absolute Gasteiger partial charge is 0.245 e. The molecule has 1 saturated carbocycles. The molecule has 0 saturated heterocycles. The van der Waals surface area contributed by atoms with Gasteiger partial charge in [-0.1, -0.05) is 11.6 Å². The summed E-state index contributed by atoms with van der Waals surface area (Å²) in [5, 5.41) is 7.31. The molecule has 0 spiro atoms. The van der Waals surface area contributed by atoms with Crippen molar-refractivity contribution in [3.05, 3.63) is 41.2 Å². The maximum Gasteiger partial charge on any atom is 0.245 e. The van der Waals surface area contributed by atoms with E-state index in [4.69, 9.17) is 25.8 Å². The average Bonchev–Trinajstić information content (AvgIpc) is 3.25. The fraction of sp³-hybridized carbons (Fsp3) is 0.524. The second kappa shape index (κ2) is 10.2. The Bertz CT molecular complexity index is 1310. The first-order valence-corrected chi connectivity index (χ1v) is 13.0. The first-order valence-electron chi connectivity index (χ1n) is 10.9. The molecule has 0 aliphatic heterocycles. The van der Waals surface area contributed by atoms with Crippen LogP contribution < -0.4 is 9.47 Å². The highest BCUT2D eigenvalue weighted by atomic mass is 35.5. The van der Waals surface area contributed by atoms with Crippen LogP contribution in [0.2, 0.25) is 5.02 Å². The van der Waals surface area contributed by atoms with E-state index in [1.165, 1.54) is 51.5 Å². The van der Waals surface area contributed by atoms with Crippen molar-refractivity contribution in [1.29, 1.82) is 0 Å². The fourth-order valence-corrected chi connectivity index (χ4v) is 5.48. The van der Waals surface area contributed by atoms with E-state index in [0.29, 0.717) is 11.4 Å². The molecular formula is C21H25ClFN7O5S. The largest absolute Gasteiger partial charge is 0.479 e. The van der Waals surface area contributed by atoms with Gasteiger partial charge in [0.25, 0.3) is 0 Å². The highest BCUT2D eigenvalue weighted by Gasteiger charge is 2.46. The summed E-state index contributed by atoms with van der Waals surface area (Å²) in [6, 6.07) is 0. The van der Waals surface area contributed by atoms with Crippen molar-refractivity contribution in [2.24, 2.45) is 0 Å². The normalized spacial score (nSPS) is 16.7. The molecule has 2 atom stereocenters. The van der Waals surface area contributed by atoms with E-state index in [2.05, 4.69) is 30.1 Å². The van der Waals surface area contributed by atoms with Crippen LogP contribution in [-0.4, -0.2) is 69.7 Å². The number of methoxy groups -OCH3 is 3. The molecule has 15 heteroatoms. The van der Waals surface area contributed by atoms with Crippen LogP contribution in [0.1, 0.15) is 49.8 Å². The quantitative estimate of drug-likeness (QED) is 0.373. The first kappa shape index (κ1) is 26.1. The van der Waals surface area contributed by atoms with Crippen molar-refractivity contribution in [2.45, 2.75) is 49.0 Å². The van der Waals surface area contributed by atoms with E-state index in [1.54, 1.807) is 0 Å². The molecule has 36 heavy (non-hydrogen) atoms. The first-order chi connectivity index (χ1) is 17.1. The topological polar surface area (TPSA) is 144 Å². The maximum atomic E-state index is 15.7. The summed E-state index contributed by atoms with van der Waals surface area (Å²) in [7, 11) is 0.123. The van der Waals surface area contributed by atoms with Gasteiger partial charge in [0.05, 0.1) is 24.5 Å². The number of hydrogen-bond donors (Lipinski definition) is 0. The molecular weight excluding hydrogens is 517 g/mol. The van der Waals surface area contributed by atoms with Gasteiger partial charge in [0.1, 0.15) is 18.2 Å². The summed E-state index contributed by atoms with van der Waals surface area (Å²) in [5.41, 5.74) is -1.69. The van der Waals surface area contributed by atoms with Gasteiger partial charge in [0.15, 0.2) is 38.7 Å². The van der Waals surface area contributed by atoms with Gasteiger partial charge < -0.3 is 14.2 Å². The average molecular weight is 542 g/mol. The van der Waals surface area contributed by atoms with E-state index in [0.717, 1.165) is 0 Å². The summed E-state index contributed by atoms with van der Waals surface area (Å²) in [6.45, 7) is 1.47.